The van der Waals surface area contributed by atoms with Gasteiger partial charge in [0.15, 0.2) is 0 Å². The maximum atomic E-state index is 13.2. The van der Waals surface area contributed by atoms with Gasteiger partial charge in [0, 0.05) is 11.6 Å². The van der Waals surface area contributed by atoms with Crippen LogP contribution >= 0.6 is 11.6 Å². The van der Waals surface area contributed by atoms with Crippen molar-refractivity contribution in [2.24, 2.45) is 0 Å². The summed E-state index contributed by atoms with van der Waals surface area (Å²) in [7, 11) is 1.48. The summed E-state index contributed by atoms with van der Waals surface area (Å²) in [5.74, 6) is -0.0256. The summed E-state index contributed by atoms with van der Waals surface area (Å²) in [5.41, 5.74) is 1.51. The monoisotopic (exact) mass is 295 g/mol. The van der Waals surface area contributed by atoms with E-state index in [1.54, 1.807) is 18.2 Å². The number of amides is 1. The van der Waals surface area contributed by atoms with Crippen molar-refractivity contribution in [2.75, 3.05) is 12.4 Å². The predicted octanol–water partition coefficient (Wildman–Crippen LogP) is 4.24. The molecule has 2 aromatic rings. The average Bonchev–Trinajstić information content (AvgIpc) is 2.41. The van der Waals surface area contributed by atoms with Gasteiger partial charge in [0.05, 0.1) is 17.8 Å². The molecular formula is C14H11ClFNO3. The van der Waals surface area contributed by atoms with Crippen molar-refractivity contribution in [3.63, 3.8) is 0 Å². The minimum Gasteiger partial charge on any atom is -0.497 e. The molecule has 0 aliphatic rings. The molecule has 0 unspecified atom stereocenters. The van der Waals surface area contributed by atoms with E-state index in [1.807, 2.05) is 0 Å². The molecule has 2 aromatic carbocycles. The van der Waals surface area contributed by atoms with E-state index in [0.717, 1.165) is 0 Å². The van der Waals surface area contributed by atoms with Gasteiger partial charge in [-0.05, 0) is 29.8 Å². The number of anilines is 1. The van der Waals surface area contributed by atoms with Crippen LogP contribution in [0.3, 0.4) is 0 Å². The van der Waals surface area contributed by atoms with Crippen molar-refractivity contribution >= 4 is 23.4 Å². The molecule has 0 spiro atoms. The topological polar surface area (TPSA) is 58.6 Å². The van der Waals surface area contributed by atoms with Gasteiger partial charge in [-0.15, -0.1) is 0 Å². The van der Waals surface area contributed by atoms with E-state index in [0.29, 0.717) is 22.6 Å². The second-order valence-corrected chi connectivity index (χ2v) is 4.38. The molecule has 20 heavy (non-hydrogen) atoms. The first-order valence-electron chi connectivity index (χ1n) is 5.64. The smallest absolute Gasteiger partial charge is 0.409 e. The van der Waals surface area contributed by atoms with Gasteiger partial charge >= 0.3 is 6.09 Å². The molecule has 0 saturated carbocycles. The zero-order valence-corrected chi connectivity index (χ0v) is 11.2. The van der Waals surface area contributed by atoms with Crippen LogP contribution < -0.4 is 10.1 Å². The Morgan fingerprint density at radius 1 is 1.30 bits per heavy atom. The fourth-order valence-corrected chi connectivity index (χ4v) is 1.96. The number of carbonyl (C=O) groups is 1. The lowest BCUT2D eigenvalue weighted by Crippen LogP contribution is -2.08. The zero-order chi connectivity index (χ0) is 14.7. The molecule has 4 nitrogen and oxygen atoms in total. The minimum atomic E-state index is -1.20. The molecule has 0 bridgehead atoms. The molecule has 0 fully saturated rings. The summed E-state index contributed by atoms with van der Waals surface area (Å²) in [6.07, 6.45) is -1.20. The molecule has 2 N–H and O–H groups in total. The Morgan fingerprint density at radius 2 is 2.05 bits per heavy atom. The normalized spacial score (nSPS) is 10.2. The van der Waals surface area contributed by atoms with Crippen LogP contribution in [-0.2, 0) is 0 Å². The van der Waals surface area contributed by atoms with Gasteiger partial charge < -0.3 is 9.84 Å². The van der Waals surface area contributed by atoms with Crippen molar-refractivity contribution in [3.8, 4) is 16.9 Å². The Balaban J connectivity index is 2.53. The number of benzene rings is 2. The Morgan fingerprint density at radius 3 is 2.65 bits per heavy atom. The number of hydrogen-bond donors (Lipinski definition) is 2. The van der Waals surface area contributed by atoms with Crippen LogP contribution in [-0.4, -0.2) is 18.3 Å². The molecule has 1 amide bonds. The third-order valence-electron chi connectivity index (χ3n) is 2.70. The van der Waals surface area contributed by atoms with Crippen LogP contribution in [0.1, 0.15) is 0 Å². The lowest BCUT2D eigenvalue weighted by atomic mass is 10.0. The van der Waals surface area contributed by atoms with Gasteiger partial charge in [0.25, 0.3) is 0 Å². The minimum absolute atomic E-state index is 0.0282. The third kappa shape index (κ3) is 3.00. The van der Waals surface area contributed by atoms with Gasteiger partial charge in [-0.1, -0.05) is 17.7 Å². The van der Waals surface area contributed by atoms with Crippen molar-refractivity contribution in [1.29, 1.82) is 0 Å². The van der Waals surface area contributed by atoms with Gasteiger partial charge in [-0.25, -0.2) is 9.18 Å². The lowest BCUT2D eigenvalue weighted by molar-refractivity contribution is 0.210. The fourth-order valence-electron chi connectivity index (χ4n) is 1.78. The van der Waals surface area contributed by atoms with Crippen LogP contribution in [0.2, 0.25) is 5.02 Å². The van der Waals surface area contributed by atoms with Crippen molar-refractivity contribution < 1.29 is 19.0 Å². The molecule has 0 aromatic heterocycles. The molecule has 0 atom stereocenters. The van der Waals surface area contributed by atoms with Gasteiger partial charge in [0.1, 0.15) is 11.6 Å². The SMILES string of the molecule is COc1ccc(-c2ccc(F)c(Cl)c2)c(NC(=O)O)c1. The summed E-state index contributed by atoms with van der Waals surface area (Å²) < 4.78 is 18.2. The Kier molecular flexibility index (Phi) is 4.10. The highest BCUT2D eigenvalue weighted by molar-refractivity contribution is 6.31. The van der Waals surface area contributed by atoms with Crippen molar-refractivity contribution in [2.45, 2.75) is 0 Å². The average molecular weight is 296 g/mol. The number of methoxy groups -OCH3 is 1. The fraction of sp³-hybridized carbons (Fsp3) is 0.0714. The van der Waals surface area contributed by atoms with E-state index in [9.17, 15) is 9.18 Å². The molecule has 0 radical (unpaired) electrons. The molecule has 2 rings (SSSR count). The molecule has 0 saturated heterocycles. The predicted molar refractivity (Wildman–Crippen MR) is 75.0 cm³/mol. The van der Waals surface area contributed by atoms with E-state index < -0.39 is 11.9 Å². The molecule has 104 valence electrons. The lowest BCUT2D eigenvalue weighted by Gasteiger charge is -2.12. The number of carboxylic acid groups (broad SMARTS) is 1. The summed E-state index contributed by atoms with van der Waals surface area (Å²) >= 11 is 5.74. The van der Waals surface area contributed by atoms with E-state index in [4.69, 9.17) is 21.4 Å². The molecule has 0 aliphatic carbocycles. The van der Waals surface area contributed by atoms with E-state index in [-0.39, 0.29) is 5.02 Å². The number of rotatable bonds is 3. The molecule has 0 aliphatic heterocycles. The zero-order valence-electron chi connectivity index (χ0n) is 10.5. The first-order valence-corrected chi connectivity index (χ1v) is 6.02. The highest BCUT2D eigenvalue weighted by Crippen LogP contribution is 2.33. The van der Waals surface area contributed by atoms with E-state index >= 15 is 0 Å². The van der Waals surface area contributed by atoms with Crippen LogP contribution in [0.4, 0.5) is 14.9 Å². The standard InChI is InChI=1S/C14H11ClFNO3/c1-20-9-3-4-10(13(7-9)17-14(18)19)8-2-5-12(16)11(15)6-8/h2-7,17H,1H3,(H,18,19). The summed E-state index contributed by atoms with van der Waals surface area (Å²) in [6.45, 7) is 0. The van der Waals surface area contributed by atoms with Crippen molar-refractivity contribution in [1.82, 2.24) is 0 Å². The summed E-state index contributed by atoms with van der Waals surface area (Å²) in [4.78, 5) is 10.8. The first kappa shape index (κ1) is 14.1. The van der Waals surface area contributed by atoms with E-state index in [1.165, 1.54) is 25.3 Å². The maximum Gasteiger partial charge on any atom is 0.409 e. The number of halogens is 2. The first-order chi connectivity index (χ1) is 9.51. The van der Waals surface area contributed by atoms with Crippen LogP contribution in [0, 0.1) is 5.82 Å². The second kappa shape index (κ2) is 5.79. The van der Waals surface area contributed by atoms with Crippen LogP contribution in [0.5, 0.6) is 5.75 Å². The van der Waals surface area contributed by atoms with Crippen LogP contribution in [0.15, 0.2) is 36.4 Å². The third-order valence-corrected chi connectivity index (χ3v) is 2.99. The van der Waals surface area contributed by atoms with Crippen LogP contribution in [0.25, 0.3) is 11.1 Å². The summed E-state index contributed by atoms with van der Waals surface area (Å²) in [6, 6.07) is 9.09. The maximum absolute atomic E-state index is 13.2. The highest BCUT2D eigenvalue weighted by atomic mass is 35.5. The van der Waals surface area contributed by atoms with Gasteiger partial charge in [-0.3, -0.25) is 5.32 Å². The van der Waals surface area contributed by atoms with E-state index in [2.05, 4.69) is 5.32 Å². The second-order valence-electron chi connectivity index (χ2n) is 3.97. The van der Waals surface area contributed by atoms with Gasteiger partial charge in [-0.2, -0.15) is 0 Å². The number of nitrogens with one attached hydrogen (secondary N) is 1. The summed E-state index contributed by atoms with van der Waals surface area (Å²) in [5, 5.41) is 11.1. The Labute approximate surface area is 119 Å². The number of ether oxygens (including phenoxy) is 1. The largest absolute Gasteiger partial charge is 0.497 e. The highest BCUT2D eigenvalue weighted by Gasteiger charge is 2.11. The Bertz CT molecular complexity index is 661. The van der Waals surface area contributed by atoms with Gasteiger partial charge in [0.2, 0.25) is 0 Å². The Hall–Kier alpha value is -2.27. The van der Waals surface area contributed by atoms with Crippen molar-refractivity contribution in [3.05, 3.63) is 47.2 Å². The number of hydrogen-bond acceptors (Lipinski definition) is 2. The molecular weight excluding hydrogens is 285 g/mol. The quantitative estimate of drug-likeness (QED) is 0.890. The molecule has 6 heteroatoms. The molecule has 0 heterocycles.